The van der Waals surface area contributed by atoms with E-state index >= 15 is 0 Å². The highest BCUT2D eigenvalue weighted by molar-refractivity contribution is 9.10. The molecule has 108 valence electrons. The highest BCUT2D eigenvalue weighted by Crippen LogP contribution is 2.29. The van der Waals surface area contributed by atoms with Crippen molar-refractivity contribution in [3.8, 4) is 5.75 Å². The zero-order valence-corrected chi connectivity index (χ0v) is 14.5. The number of anilines is 1. The van der Waals surface area contributed by atoms with Crippen molar-refractivity contribution in [2.75, 3.05) is 11.9 Å². The maximum Gasteiger partial charge on any atom is 0.142 e. The minimum Gasteiger partial charge on any atom is -0.491 e. The van der Waals surface area contributed by atoms with Crippen LogP contribution in [-0.2, 0) is 6.54 Å². The van der Waals surface area contributed by atoms with E-state index in [1.54, 1.807) is 0 Å². The van der Waals surface area contributed by atoms with Gasteiger partial charge >= 0.3 is 0 Å². The standard InChI is InChI=1S/C16H20BrNOS/c1-11(2)10-19-16-7-5-4-6-15(16)18-9-13-8-14(17)12(3)20-13/h4-8,11,18H,9-10H2,1-3H3. The van der Waals surface area contributed by atoms with Gasteiger partial charge in [0.2, 0.25) is 0 Å². The molecule has 0 aliphatic rings. The minimum atomic E-state index is 0.527. The highest BCUT2D eigenvalue weighted by atomic mass is 79.9. The first kappa shape index (κ1) is 15.4. The lowest BCUT2D eigenvalue weighted by Crippen LogP contribution is -2.07. The van der Waals surface area contributed by atoms with E-state index < -0.39 is 0 Å². The lowest BCUT2D eigenvalue weighted by Gasteiger charge is -2.14. The van der Waals surface area contributed by atoms with Crippen LogP contribution in [0.25, 0.3) is 0 Å². The topological polar surface area (TPSA) is 21.3 Å². The SMILES string of the molecule is Cc1sc(CNc2ccccc2OCC(C)C)cc1Br. The van der Waals surface area contributed by atoms with Crippen LogP contribution in [0.4, 0.5) is 5.69 Å². The number of hydrogen-bond acceptors (Lipinski definition) is 3. The number of aryl methyl sites for hydroxylation is 1. The molecule has 0 bridgehead atoms. The van der Waals surface area contributed by atoms with Gasteiger partial charge in [0.05, 0.1) is 12.3 Å². The highest BCUT2D eigenvalue weighted by Gasteiger charge is 2.06. The van der Waals surface area contributed by atoms with Gasteiger partial charge in [0.1, 0.15) is 5.75 Å². The van der Waals surface area contributed by atoms with Crippen molar-refractivity contribution in [1.29, 1.82) is 0 Å². The van der Waals surface area contributed by atoms with Crippen molar-refractivity contribution in [1.82, 2.24) is 0 Å². The summed E-state index contributed by atoms with van der Waals surface area (Å²) >= 11 is 5.36. The normalized spacial score (nSPS) is 10.8. The summed E-state index contributed by atoms with van der Waals surface area (Å²) in [7, 11) is 0. The Labute approximate surface area is 133 Å². The minimum absolute atomic E-state index is 0.527. The molecule has 0 unspecified atom stereocenters. The number of thiophene rings is 1. The smallest absolute Gasteiger partial charge is 0.142 e. The Bertz CT molecular complexity index is 546. The van der Waals surface area contributed by atoms with Gasteiger partial charge in [-0.2, -0.15) is 0 Å². The van der Waals surface area contributed by atoms with Crippen LogP contribution in [0.3, 0.4) is 0 Å². The number of para-hydroxylation sites is 2. The van der Waals surface area contributed by atoms with Crippen molar-refractivity contribution in [2.24, 2.45) is 5.92 Å². The molecule has 20 heavy (non-hydrogen) atoms. The van der Waals surface area contributed by atoms with Crippen LogP contribution < -0.4 is 10.1 Å². The molecule has 2 rings (SSSR count). The first-order valence-corrected chi connectivity index (χ1v) is 8.37. The first-order chi connectivity index (χ1) is 9.56. The molecule has 1 N–H and O–H groups in total. The van der Waals surface area contributed by atoms with Crippen molar-refractivity contribution in [3.05, 3.63) is 44.6 Å². The Hall–Kier alpha value is -1.00. The molecule has 0 amide bonds. The number of benzene rings is 1. The average molecular weight is 354 g/mol. The van der Waals surface area contributed by atoms with Gasteiger partial charge in [-0.15, -0.1) is 11.3 Å². The summed E-state index contributed by atoms with van der Waals surface area (Å²) in [4.78, 5) is 2.62. The maximum atomic E-state index is 5.85. The zero-order valence-electron chi connectivity index (χ0n) is 12.1. The fourth-order valence-corrected chi connectivity index (χ4v) is 3.32. The van der Waals surface area contributed by atoms with Crippen molar-refractivity contribution < 1.29 is 4.74 Å². The second-order valence-electron chi connectivity index (χ2n) is 5.17. The number of rotatable bonds is 6. The average Bonchev–Trinajstić information content (AvgIpc) is 2.74. The molecule has 1 aromatic carbocycles. The third kappa shape index (κ3) is 4.25. The van der Waals surface area contributed by atoms with E-state index in [0.29, 0.717) is 5.92 Å². The van der Waals surface area contributed by atoms with E-state index in [-0.39, 0.29) is 0 Å². The molecule has 2 aromatic rings. The summed E-state index contributed by atoms with van der Waals surface area (Å²) < 4.78 is 7.03. The van der Waals surface area contributed by atoms with Gasteiger partial charge in [-0.05, 0) is 47.0 Å². The van der Waals surface area contributed by atoms with Gasteiger partial charge in [-0.1, -0.05) is 26.0 Å². The quantitative estimate of drug-likeness (QED) is 0.743. The van der Waals surface area contributed by atoms with Crippen LogP contribution in [-0.4, -0.2) is 6.61 Å². The number of halogens is 1. The Morgan fingerprint density at radius 2 is 2.05 bits per heavy atom. The fraction of sp³-hybridized carbons (Fsp3) is 0.375. The molecule has 0 aliphatic carbocycles. The van der Waals surface area contributed by atoms with Gasteiger partial charge in [0, 0.05) is 20.8 Å². The molecule has 0 saturated carbocycles. The lowest BCUT2D eigenvalue weighted by molar-refractivity contribution is 0.272. The molecule has 0 fully saturated rings. The Kier molecular flexibility index (Phi) is 5.49. The summed E-state index contributed by atoms with van der Waals surface area (Å²) in [5.74, 6) is 1.45. The van der Waals surface area contributed by atoms with Gasteiger partial charge in [-0.25, -0.2) is 0 Å². The first-order valence-electron chi connectivity index (χ1n) is 6.76. The molecule has 0 radical (unpaired) electrons. The molecule has 0 spiro atoms. The van der Waals surface area contributed by atoms with Crippen LogP contribution in [0.2, 0.25) is 0 Å². The predicted molar refractivity (Wildman–Crippen MR) is 90.9 cm³/mol. The Morgan fingerprint density at radius 1 is 1.30 bits per heavy atom. The zero-order chi connectivity index (χ0) is 14.5. The summed E-state index contributed by atoms with van der Waals surface area (Å²) in [6.07, 6.45) is 0. The van der Waals surface area contributed by atoms with Crippen molar-refractivity contribution in [2.45, 2.75) is 27.3 Å². The molecule has 0 aliphatic heterocycles. The lowest BCUT2D eigenvalue weighted by atomic mass is 10.2. The fourth-order valence-electron chi connectivity index (χ4n) is 1.78. The van der Waals surface area contributed by atoms with E-state index in [9.17, 15) is 0 Å². The van der Waals surface area contributed by atoms with Gasteiger partial charge in [0.15, 0.2) is 0 Å². The molecule has 1 heterocycles. The molecule has 2 nitrogen and oxygen atoms in total. The van der Waals surface area contributed by atoms with Gasteiger partial charge in [-0.3, -0.25) is 0 Å². The number of ether oxygens (including phenoxy) is 1. The molecular formula is C16H20BrNOS. The van der Waals surface area contributed by atoms with E-state index in [0.717, 1.165) is 24.6 Å². The monoisotopic (exact) mass is 353 g/mol. The number of hydrogen-bond donors (Lipinski definition) is 1. The van der Waals surface area contributed by atoms with E-state index in [2.05, 4.69) is 54.2 Å². The largest absolute Gasteiger partial charge is 0.491 e. The van der Waals surface area contributed by atoms with Crippen LogP contribution in [0.15, 0.2) is 34.8 Å². The van der Waals surface area contributed by atoms with E-state index in [1.807, 2.05) is 29.5 Å². The Morgan fingerprint density at radius 3 is 2.70 bits per heavy atom. The maximum absolute atomic E-state index is 5.85. The third-order valence-corrected chi connectivity index (χ3v) is 4.96. The van der Waals surface area contributed by atoms with E-state index in [4.69, 9.17) is 4.74 Å². The summed E-state index contributed by atoms with van der Waals surface area (Å²) in [6, 6.07) is 10.3. The van der Waals surface area contributed by atoms with Crippen LogP contribution in [0, 0.1) is 12.8 Å². The number of nitrogens with one attached hydrogen (secondary N) is 1. The van der Waals surface area contributed by atoms with Crippen LogP contribution in [0.5, 0.6) is 5.75 Å². The molecular weight excluding hydrogens is 334 g/mol. The van der Waals surface area contributed by atoms with Gasteiger partial charge in [0.25, 0.3) is 0 Å². The molecule has 0 saturated heterocycles. The van der Waals surface area contributed by atoms with Crippen molar-refractivity contribution >= 4 is 33.0 Å². The van der Waals surface area contributed by atoms with Crippen LogP contribution in [0.1, 0.15) is 23.6 Å². The predicted octanol–water partition coefficient (Wildman–Crippen LogP) is 5.47. The molecule has 4 heteroatoms. The van der Waals surface area contributed by atoms with E-state index in [1.165, 1.54) is 14.2 Å². The third-order valence-electron chi connectivity index (χ3n) is 2.82. The summed E-state index contributed by atoms with van der Waals surface area (Å²) in [6.45, 7) is 7.99. The summed E-state index contributed by atoms with van der Waals surface area (Å²) in [5, 5.41) is 3.46. The Balaban J connectivity index is 2.01. The van der Waals surface area contributed by atoms with Crippen molar-refractivity contribution in [3.63, 3.8) is 0 Å². The second kappa shape index (κ2) is 7.14. The summed E-state index contributed by atoms with van der Waals surface area (Å²) in [5.41, 5.74) is 1.05. The van der Waals surface area contributed by atoms with Gasteiger partial charge < -0.3 is 10.1 Å². The second-order valence-corrected chi connectivity index (χ2v) is 7.37. The molecule has 0 atom stereocenters. The van der Waals surface area contributed by atoms with Crippen LogP contribution >= 0.6 is 27.3 Å². The molecule has 1 aromatic heterocycles.